The Morgan fingerprint density at radius 1 is 0.588 bits per heavy atom. The van der Waals surface area contributed by atoms with Gasteiger partial charge in [0.25, 0.3) is 11.8 Å². The molecular weight excluding hydrogens is 664 g/mol. The standard InChI is InChI=1S/C35H64N6O10/c1-2-3-6-19-46-23-25-48-21-13-37-34(44)36-12-5-4-7-20-47-24-27-50-29-30-51-28-26-49-22-14-38-35(45)39-31-10-15-40(16-11-31)17-18-41-32(42)8-9-33(41)43/h8-9,31H,2-7,10-30H2,1H3,(H2,36,37,44)(H2,38,39,45). The molecule has 2 aliphatic rings. The number of hydrogen-bond donors (Lipinski definition) is 4. The van der Waals surface area contributed by atoms with Gasteiger partial charge < -0.3 is 54.6 Å². The fourth-order valence-corrected chi connectivity index (χ4v) is 5.21. The van der Waals surface area contributed by atoms with Crippen molar-refractivity contribution in [2.75, 3.05) is 125 Å². The van der Waals surface area contributed by atoms with Crippen LogP contribution in [0.4, 0.5) is 9.59 Å². The average molecular weight is 729 g/mol. The lowest BCUT2D eigenvalue weighted by Gasteiger charge is -2.33. The number of nitrogens with zero attached hydrogens (tertiary/aromatic N) is 2. The van der Waals surface area contributed by atoms with Crippen molar-refractivity contribution in [1.29, 1.82) is 0 Å². The molecule has 16 nitrogen and oxygen atoms in total. The second-order valence-corrected chi connectivity index (χ2v) is 12.3. The van der Waals surface area contributed by atoms with Crippen molar-refractivity contribution in [3.05, 3.63) is 12.2 Å². The van der Waals surface area contributed by atoms with Gasteiger partial charge in [0, 0.05) is 77.2 Å². The summed E-state index contributed by atoms with van der Waals surface area (Å²) in [5, 5.41) is 11.4. The van der Waals surface area contributed by atoms with E-state index in [0.717, 1.165) is 58.2 Å². The fraction of sp³-hybridized carbons (Fsp3) is 0.829. The van der Waals surface area contributed by atoms with Gasteiger partial charge in [0.05, 0.1) is 66.1 Å². The van der Waals surface area contributed by atoms with Crippen molar-refractivity contribution < 1.29 is 47.6 Å². The molecule has 6 amide bonds. The molecule has 0 atom stereocenters. The third kappa shape index (κ3) is 24.1. The molecule has 0 aromatic carbocycles. The van der Waals surface area contributed by atoms with E-state index in [0.29, 0.717) is 105 Å². The summed E-state index contributed by atoms with van der Waals surface area (Å²) in [4.78, 5) is 50.8. The molecule has 2 rings (SSSR count). The topological polar surface area (TPSA) is 178 Å². The summed E-state index contributed by atoms with van der Waals surface area (Å²) in [6, 6.07) is -0.298. The van der Waals surface area contributed by atoms with Crippen molar-refractivity contribution in [2.45, 2.75) is 64.3 Å². The Morgan fingerprint density at radius 2 is 1.06 bits per heavy atom. The number of carbonyl (C=O) groups excluding carboxylic acids is 4. The van der Waals surface area contributed by atoms with Crippen LogP contribution in [0.3, 0.4) is 0 Å². The maximum absolute atomic E-state index is 12.2. The predicted octanol–water partition coefficient (Wildman–Crippen LogP) is 1.43. The Morgan fingerprint density at radius 3 is 1.61 bits per heavy atom. The molecule has 0 saturated carbocycles. The first kappa shape index (κ1) is 44.3. The maximum atomic E-state index is 12.2. The quantitative estimate of drug-likeness (QED) is 0.0582. The van der Waals surface area contributed by atoms with Gasteiger partial charge in [-0.05, 0) is 38.5 Å². The number of imide groups is 1. The molecule has 1 fully saturated rings. The number of nitrogens with one attached hydrogen (secondary N) is 4. The third-order valence-electron chi connectivity index (χ3n) is 8.16. The summed E-state index contributed by atoms with van der Waals surface area (Å²) in [7, 11) is 0. The molecule has 2 aliphatic heterocycles. The summed E-state index contributed by atoms with van der Waals surface area (Å²) < 4.78 is 33.0. The number of amides is 6. The van der Waals surface area contributed by atoms with E-state index in [-0.39, 0.29) is 29.9 Å². The van der Waals surface area contributed by atoms with E-state index in [1.165, 1.54) is 29.9 Å². The number of urea groups is 2. The number of rotatable bonds is 32. The van der Waals surface area contributed by atoms with Crippen LogP contribution >= 0.6 is 0 Å². The van der Waals surface area contributed by atoms with E-state index in [9.17, 15) is 19.2 Å². The zero-order valence-electron chi connectivity index (χ0n) is 30.8. The van der Waals surface area contributed by atoms with Crippen molar-refractivity contribution in [1.82, 2.24) is 31.1 Å². The summed E-state index contributed by atoms with van der Waals surface area (Å²) in [5.74, 6) is -0.510. The molecule has 0 radical (unpaired) electrons. The number of carbonyl (C=O) groups is 4. The van der Waals surface area contributed by atoms with E-state index in [4.69, 9.17) is 28.4 Å². The second kappa shape index (κ2) is 30.7. The molecule has 294 valence electrons. The number of ether oxygens (including phenoxy) is 6. The lowest BCUT2D eigenvalue weighted by atomic mass is 10.1. The highest BCUT2D eigenvalue weighted by atomic mass is 16.6. The van der Waals surface area contributed by atoms with Crippen LogP contribution in [0.5, 0.6) is 0 Å². The van der Waals surface area contributed by atoms with Crippen LogP contribution in [-0.2, 0) is 38.0 Å². The molecule has 51 heavy (non-hydrogen) atoms. The van der Waals surface area contributed by atoms with Crippen LogP contribution in [0.2, 0.25) is 0 Å². The predicted molar refractivity (Wildman–Crippen MR) is 192 cm³/mol. The minimum absolute atomic E-state index is 0.0918. The summed E-state index contributed by atoms with van der Waals surface area (Å²) in [5.41, 5.74) is 0. The highest BCUT2D eigenvalue weighted by Crippen LogP contribution is 2.11. The fourth-order valence-electron chi connectivity index (χ4n) is 5.21. The Labute approximate surface area is 303 Å². The zero-order chi connectivity index (χ0) is 36.6. The van der Waals surface area contributed by atoms with Gasteiger partial charge in [0.1, 0.15) is 0 Å². The normalized spacial score (nSPS) is 15.1. The largest absolute Gasteiger partial charge is 0.379 e. The molecule has 2 heterocycles. The molecule has 0 aromatic heterocycles. The van der Waals surface area contributed by atoms with E-state index >= 15 is 0 Å². The van der Waals surface area contributed by atoms with Gasteiger partial charge in [0.15, 0.2) is 0 Å². The summed E-state index contributed by atoms with van der Waals surface area (Å²) >= 11 is 0. The zero-order valence-corrected chi connectivity index (χ0v) is 30.8. The van der Waals surface area contributed by atoms with E-state index < -0.39 is 0 Å². The molecule has 1 saturated heterocycles. The van der Waals surface area contributed by atoms with Crippen molar-refractivity contribution in [2.24, 2.45) is 0 Å². The molecule has 16 heteroatoms. The number of hydrogen-bond acceptors (Lipinski definition) is 11. The van der Waals surface area contributed by atoms with E-state index in [1.54, 1.807) is 0 Å². The molecule has 0 spiro atoms. The van der Waals surface area contributed by atoms with Crippen molar-refractivity contribution in [3.63, 3.8) is 0 Å². The Bertz CT molecular complexity index is 949. The van der Waals surface area contributed by atoms with E-state index in [1.807, 2.05) is 0 Å². The van der Waals surface area contributed by atoms with E-state index in [2.05, 4.69) is 33.1 Å². The highest BCUT2D eigenvalue weighted by Gasteiger charge is 2.25. The van der Waals surface area contributed by atoms with Crippen LogP contribution in [-0.4, -0.2) is 165 Å². The van der Waals surface area contributed by atoms with Crippen LogP contribution in [0.25, 0.3) is 0 Å². The minimum atomic E-state index is -0.255. The first-order valence-corrected chi connectivity index (χ1v) is 18.8. The van der Waals surface area contributed by atoms with Crippen molar-refractivity contribution in [3.8, 4) is 0 Å². The molecule has 4 N–H and O–H groups in total. The number of unbranched alkanes of at least 4 members (excludes halogenated alkanes) is 4. The minimum Gasteiger partial charge on any atom is -0.379 e. The third-order valence-corrected chi connectivity index (χ3v) is 8.16. The van der Waals surface area contributed by atoms with Gasteiger partial charge >= 0.3 is 12.1 Å². The summed E-state index contributed by atoms with van der Waals surface area (Å²) in [6.07, 6.45) is 10.5. The van der Waals surface area contributed by atoms with Crippen LogP contribution in [0, 0.1) is 0 Å². The smallest absolute Gasteiger partial charge is 0.315 e. The van der Waals surface area contributed by atoms with Gasteiger partial charge in [-0.25, -0.2) is 9.59 Å². The Kier molecular flexibility index (Phi) is 26.7. The van der Waals surface area contributed by atoms with Gasteiger partial charge in [0.2, 0.25) is 0 Å². The highest BCUT2D eigenvalue weighted by molar-refractivity contribution is 6.12. The molecule has 0 unspecified atom stereocenters. The lowest BCUT2D eigenvalue weighted by Crippen LogP contribution is -2.49. The average Bonchev–Trinajstić information content (AvgIpc) is 3.45. The van der Waals surface area contributed by atoms with Gasteiger partial charge in [-0.2, -0.15) is 0 Å². The number of likely N-dealkylation sites (tertiary alicyclic amines) is 1. The van der Waals surface area contributed by atoms with Gasteiger partial charge in [-0.1, -0.05) is 19.8 Å². The molecular formula is C35H64N6O10. The van der Waals surface area contributed by atoms with Gasteiger partial charge in [-0.3, -0.25) is 14.5 Å². The molecule has 0 aliphatic carbocycles. The second-order valence-electron chi connectivity index (χ2n) is 12.3. The van der Waals surface area contributed by atoms with Crippen LogP contribution < -0.4 is 21.3 Å². The SMILES string of the molecule is CCCCCOCCOCCNC(=O)NCCCCCOCCOCCOCCOCCNC(=O)NC1CCN(CCN2C(=O)C=CC2=O)CC1. The maximum Gasteiger partial charge on any atom is 0.315 e. The monoisotopic (exact) mass is 728 g/mol. The van der Waals surface area contributed by atoms with Crippen LogP contribution in [0.15, 0.2) is 12.2 Å². The molecule has 0 bridgehead atoms. The number of piperidine rings is 1. The Hall–Kier alpha value is -2.86. The van der Waals surface area contributed by atoms with Crippen molar-refractivity contribution >= 4 is 23.9 Å². The van der Waals surface area contributed by atoms with Crippen LogP contribution in [0.1, 0.15) is 58.3 Å². The Balaban J connectivity index is 1.22. The summed E-state index contributed by atoms with van der Waals surface area (Å²) in [6.45, 7) is 12.6. The van der Waals surface area contributed by atoms with Gasteiger partial charge in [-0.15, -0.1) is 0 Å². The first-order chi connectivity index (χ1) is 25.0. The first-order valence-electron chi connectivity index (χ1n) is 18.8. The molecule has 0 aromatic rings. The lowest BCUT2D eigenvalue weighted by molar-refractivity contribution is -0.137.